The van der Waals surface area contributed by atoms with Gasteiger partial charge in [0.2, 0.25) is 5.76 Å². The van der Waals surface area contributed by atoms with Gasteiger partial charge in [0.1, 0.15) is 5.76 Å². The van der Waals surface area contributed by atoms with E-state index >= 15 is 0 Å². The van der Waals surface area contributed by atoms with E-state index in [1.165, 1.54) is 6.07 Å². The molecule has 4 nitrogen and oxygen atoms in total. The van der Waals surface area contributed by atoms with Crippen LogP contribution in [0.5, 0.6) is 0 Å². The topological polar surface area (TPSA) is 62.5 Å². The van der Waals surface area contributed by atoms with Crippen LogP contribution in [0.25, 0.3) is 0 Å². The molecule has 0 radical (unpaired) electrons. The molecule has 0 aliphatic rings. The highest BCUT2D eigenvalue weighted by molar-refractivity contribution is 5.84. The van der Waals surface area contributed by atoms with E-state index in [1.807, 2.05) is 37.3 Å². The molecule has 17 heavy (non-hydrogen) atoms. The molecule has 1 heterocycles. The predicted molar refractivity (Wildman–Crippen MR) is 64.1 cm³/mol. The number of para-hydroxylation sites is 1. The molecule has 0 bridgehead atoms. The Balaban J connectivity index is 2.09. The lowest BCUT2D eigenvalue weighted by Crippen LogP contribution is -2.05. The van der Waals surface area contributed by atoms with E-state index in [-0.39, 0.29) is 11.8 Å². The monoisotopic (exact) mass is 231 g/mol. The van der Waals surface area contributed by atoms with E-state index in [0.29, 0.717) is 5.76 Å². The maximum absolute atomic E-state index is 10.7. The largest absolute Gasteiger partial charge is 0.475 e. The highest BCUT2D eigenvalue weighted by Crippen LogP contribution is 2.21. The molecule has 4 heteroatoms. The van der Waals surface area contributed by atoms with E-state index < -0.39 is 5.97 Å². The van der Waals surface area contributed by atoms with E-state index in [9.17, 15) is 4.79 Å². The number of aromatic carboxylic acids is 1. The number of furan rings is 1. The minimum absolute atomic E-state index is 0.0401. The van der Waals surface area contributed by atoms with E-state index in [4.69, 9.17) is 9.52 Å². The van der Waals surface area contributed by atoms with E-state index in [1.54, 1.807) is 6.07 Å². The maximum atomic E-state index is 10.7. The van der Waals surface area contributed by atoms with Gasteiger partial charge in [0.05, 0.1) is 6.04 Å². The Kier molecular flexibility index (Phi) is 3.14. The highest BCUT2D eigenvalue weighted by Gasteiger charge is 2.13. The van der Waals surface area contributed by atoms with Crippen LogP contribution in [0, 0.1) is 0 Å². The summed E-state index contributed by atoms with van der Waals surface area (Å²) in [5, 5.41) is 12.0. The molecule has 88 valence electrons. The van der Waals surface area contributed by atoms with Gasteiger partial charge in [-0.05, 0) is 31.2 Å². The first-order valence-corrected chi connectivity index (χ1v) is 5.31. The number of carbonyl (C=O) groups is 1. The quantitative estimate of drug-likeness (QED) is 0.848. The number of hydrogen-bond acceptors (Lipinski definition) is 3. The number of nitrogens with one attached hydrogen (secondary N) is 1. The molecule has 0 amide bonds. The second-order valence-electron chi connectivity index (χ2n) is 3.74. The molecule has 1 aromatic heterocycles. The molecule has 0 aliphatic heterocycles. The van der Waals surface area contributed by atoms with Crippen molar-refractivity contribution in [3.05, 3.63) is 54.0 Å². The number of carboxylic acids is 1. The fourth-order valence-electron chi connectivity index (χ4n) is 1.56. The zero-order valence-electron chi connectivity index (χ0n) is 9.38. The van der Waals surface area contributed by atoms with Gasteiger partial charge >= 0.3 is 5.97 Å². The third kappa shape index (κ3) is 2.66. The van der Waals surface area contributed by atoms with Gasteiger partial charge in [-0.2, -0.15) is 0 Å². The summed E-state index contributed by atoms with van der Waals surface area (Å²) in [5.74, 6) is -0.490. The molecule has 0 fully saturated rings. The third-order valence-electron chi connectivity index (χ3n) is 2.42. The van der Waals surface area contributed by atoms with Crippen molar-refractivity contribution in [1.29, 1.82) is 0 Å². The maximum Gasteiger partial charge on any atom is 0.371 e. The normalized spacial score (nSPS) is 12.1. The predicted octanol–water partition coefficient (Wildman–Crippen LogP) is 3.15. The third-order valence-corrected chi connectivity index (χ3v) is 2.42. The fourth-order valence-corrected chi connectivity index (χ4v) is 1.56. The van der Waals surface area contributed by atoms with Crippen molar-refractivity contribution >= 4 is 11.7 Å². The standard InChI is InChI=1S/C13H13NO3/c1-9(14-10-5-3-2-4-6-10)11-7-8-12(17-11)13(15)16/h2-9,14H,1H3,(H,15,16). The number of benzene rings is 1. The van der Waals surface area contributed by atoms with Crippen LogP contribution in [0.4, 0.5) is 5.69 Å². The molecule has 0 spiro atoms. The molecule has 0 saturated heterocycles. The summed E-state index contributed by atoms with van der Waals surface area (Å²) in [6.45, 7) is 1.91. The van der Waals surface area contributed by atoms with Gasteiger partial charge in [-0.3, -0.25) is 0 Å². The summed E-state index contributed by atoms with van der Waals surface area (Å²) in [6, 6.07) is 12.7. The number of anilines is 1. The van der Waals surface area contributed by atoms with Crippen molar-refractivity contribution in [3.63, 3.8) is 0 Å². The van der Waals surface area contributed by atoms with E-state index in [2.05, 4.69) is 5.32 Å². The molecule has 0 saturated carbocycles. The van der Waals surface area contributed by atoms with Crippen LogP contribution >= 0.6 is 0 Å². The van der Waals surface area contributed by atoms with Gasteiger partial charge in [0.15, 0.2) is 0 Å². The van der Waals surface area contributed by atoms with Crippen LogP contribution < -0.4 is 5.32 Å². The summed E-state index contributed by atoms with van der Waals surface area (Å²) in [5.41, 5.74) is 0.966. The number of carboxylic acid groups (broad SMARTS) is 1. The van der Waals surface area contributed by atoms with Gasteiger partial charge in [-0.25, -0.2) is 4.79 Å². The first kappa shape index (κ1) is 11.3. The molecule has 2 N–H and O–H groups in total. The Bertz CT molecular complexity index is 504. The Hall–Kier alpha value is -2.23. The summed E-state index contributed by atoms with van der Waals surface area (Å²) in [4.78, 5) is 10.7. The van der Waals surface area contributed by atoms with Crippen molar-refractivity contribution in [3.8, 4) is 0 Å². The Morgan fingerprint density at radius 3 is 2.53 bits per heavy atom. The van der Waals surface area contributed by atoms with Gasteiger partial charge in [0, 0.05) is 5.69 Å². The van der Waals surface area contributed by atoms with Crippen molar-refractivity contribution in [1.82, 2.24) is 0 Å². The lowest BCUT2D eigenvalue weighted by Gasteiger charge is -2.12. The zero-order valence-corrected chi connectivity index (χ0v) is 9.38. The number of rotatable bonds is 4. The van der Waals surface area contributed by atoms with Crippen LogP contribution in [0.3, 0.4) is 0 Å². The average Bonchev–Trinajstić information content (AvgIpc) is 2.79. The first-order chi connectivity index (χ1) is 8.16. The SMILES string of the molecule is CC(Nc1ccccc1)c1ccc(C(=O)O)o1. The van der Waals surface area contributed by atoms with Crippen molar-refractivity contribution in [2.75, 3.05) is 5.32 Å². The number of hydrogen-bond donors (Lipinski definition) is 2. The molecule has 2 aromatic rings. The summed E-state index contributed by atoms with van der Waals surface area (Å²) >= 11 is 0. The van der Waals surface area contributed by atoms with Crippen LogP contribution in [-0.4, -0.2) is 11.1 Å². The van der Waals surface area contributed by atoms with Gasteiger partial charge < -0.3 is 14.8 Å². The van der Waals surface area contributed by atoms with E-state index in [0.717, 1.165) is 5.69 Å². The second kappa shape index (κ2) is 4.74. The highest BCUT2D eigenvalue weighted by atomic mass is 16.4. The first-order valence-electron chi connectivity index (χ1n) is 5.31. The Labute approximate surface area is 98.9 Å². The molecule has 1 aromatic carbocycles. The van der Waals surface area contributed by atoms with Crippen molar-refractivity contribution in [2.45, 2.75) is 13.0 Å². The zero-order chi connectivity index (χ0) is 12.3. The van der Waals surface area contributed by atoms with Crippen LogP contribution in [-0.2, 0) is 0 Å². The molecular weight excluding hydrogens is 218 g/mol. The van der Waals surface area contributed by atoms with Gasteiger partial charge in [-0.1, -0.05) is 18.2 Å². The summed E-state index contributed by atoms with van der Waals surface area (Å²) in [7, 11) is 0. The lowest BCUT2D eigenvalue weighted by molar-refractivity contribution is 0.0660. The molecular formula is C13H13NO3. The van der Waals surface area contributed by atoms with Crippen LogP contribution in [0.1, 0.15) is 29.3 Å². The smallest absolute Gasteiger partial charge is 0.371 e. The second-order valence-corrected chi connectivity index (χ2v) is 3.74. The van der Waals surface area contributed by atoms with Gasteiger partial charge in [-0.15, -0.1) is 0 Å². The Morgan fingerprint density at radius 1 is 1.24 bits per heavy atom. The van der Waals surface area contributed by atoms with Crippen LogP contribution in [0.2, 0.25) is 0 Å². The Morgan fingerprint density at radius 2 is 1.94 bits per heavy atom. The fraction of sp³-hybridized carbons (Fsp3) is 0.154. The molecule has 1 atom stereocenters. The minimum Gasteiger partial charge on any atom is -0.475 e. The lowest BCUT2D eigenvalue weighted by atomic mass is 10.2. The minimum atomic E-state index is -1.05. The van der Waals surface area contributed by atoms with Crippen LogP contribution in [0.15, 0.2) is 46.9 Å². The summed E-state index contributed by atoms with van der Waals surface area (Å²) in [6.07, 6.45) is 0. The molecule has 1 unspecified atom stereocenters. The van der Waals surface area contributed by atoms with Crippen molar-refractivity contribution in [2.24, 2.45) is 0 Å². The molecule has 0 aliphatic carbocycles. The molecule has 2 rings (SSSR count). The summed E-state index contributed by atoms with van der Waals surface area (Å²) < 4.78 is 5.22. The van der Waals surface area contributed by atoms with Crippen molar-refractivity contribution < 1.29 is 14.3 Å². The van der Waals surface area contributed by atoms with Gasteiger partial charge in [0.25, 0.3) is 0 Å². The average molecular weight is 231 g/mol.